The highest BCUT2D eigenvalue weighted by molar-refractivity contribution is 5.67. The molecular weight excluding hydrogens is 444 g/mol. The van der Waals surface area contributed by atoms with E-state index >= 15 is 0 Å². The summed E-state index contributed by atoms with van der Waals surface area (Å²) in [6, 6.07) is 19.0. The molecule has 1 aliphatic rings. The zero-order valence-corrected chi connectivity index (χ0v) is 20.0. The highest BCUT2D eigenvalue weighted by atomic mass is 16.5. The summed E-state index contributed by atoms with van der Waals surface area (Å²) in [7, 11) is 1.67. The maximum absolute atomic E-state index is 11.8. The van der Waals surface area contributed by atoms with Crippen molar-refractivity contribution in [2.75, 3.05) is 39.9 Å². The van der Waals surface area contributed by atoms with Gasteiger partial charge in [0.2, 0.25) is 0 Å². The molecule has 0 amide bonds. The summed E-state index contributed by atoms with van der Waals surface area (Å²) in [6.45, 7) is 4.91. The molecule has 0 bridgehead atoms. The van der Waals surface area contributed by atoms with E-state index in [4.69, 9.17) is 14.7 Å². The highest BCUT2D eigenvalue weighted by Crippen LogP contribution is 2.30. The van der Waals surface area contributed by atoms with Gasteiger partial charge in [-0.05, 0) is 36.8 Å². The fourth-order valence-corrected chi connectivity index (χ4v) is 4.47. The molecule has 0 aliphatic carbocycles. The zero-order chi connectivity index (χ0) is 24.8. The summed E-state index contributed by atoms with van der Waals surface area (Å²) in [5.74, 6) is 1.48. The van der Waals surface area contributed by atoms with E-state index in [1.54, 1.807) is 20.1 Å². The standard InChI is InChI=1S/C27H30N4O4/c1-18-24(13-20(14-28)27(33)30-18)19-7-9-22(10-8-19)35-17-21(32)16-31-12-11-29-15-25(31)23-5-3-4-6-26(23)34-2/h3-10,13,21,25,29,32H,11-12,15-17H2,1-2H3,(H,30,33). The average molecular weight is 475 g/mol. The number of pyridine rings is 1. The number of aromatic nitrogens is 1. The number of ether oxygens (including phenoxy) is 2. The van der Waals surface area contributed by atoms with E-state index in [0.29, 0.717) is 18.0 Å². The predicted octanol–water partition coefficient (Wildman–Crippen LogP) is 2.62. The lowest BCUT2D eigenvalue weighted by molar-refractivity contribution is 0.0431. The summed E-state index contributed by atoms with van der Waals surface area (Å²) in [6.07, 6.45) is -0.662. The lowest BCUT2D eigenvalue weighted by Gasteiger charge is -2.38. The largest absolute Gasteiger partial charge is 0.496 e. The first kappa shape index (κ1) is 24.5. The minimum atomic E-state index is -0.662. The second kappa shape index (κ2) is 11.2. The molecule has 1 saturated heterocycles. The Kier molecular flexibility index (Phi) is 7.83. The Morgan fingerprint density at radius 1 is 1.23 bits per heavy atom. The number of methoxy groups -OCH3 is 1. The van der Waals surface area contributed by atoms with Crippen LogP contribution in [-0.4, -0.2) is 61.0 Å². The predicted molar refractivity (Wildman–Crippen MR) is 134 cm³/mol. The molecule has 35 heavy (non-hydrogen) atoms. The van der Waals surface area contributed by atoms with Crippen LogP contribution >= 0.6 is 0 Å². The van der Waals surface area contributed by atoms with Crippen molar-refractivity contribution < 1.29 is 14.6 Å². The van der Waals surface area contributed by atoms with Crippen LogP contribution in [0.2, 0.25) is 0 Å². The zero-order valence-electron chi connectivity index (χ0n) is 20.0. The van der Waals surface area contributed by atoms with Gasteiger partial charge in [-0.3, -0.25) is 9.69 Å². The SMILES string of the molecule is COc1ccccc1C1CNCCN1CC(O)COc1ccc(-c2cc(C#N)c(=O)[nH]c2C)cc1. The number of hydrogen-bond donors (Lipinski definition) is 3. The lowest BCUT2D eigenvalue weighted by atomic mass is 10.0. The summed E-state index contributed by atoms with van der Waals surface area (Å²) in [5.41, 5.74) is 3.13. The van der Waals surface area contributed by atoms with E-state index < -0.39 is 6.10 Å². The van der Waals surface area contributed by atoms with Crippen LogP contribution in [-0.2, 0) is 0 Å². The molecule has 1 aromatic heterocycles. The Morgan fingerprint density at radius 2 is 2.00 bits per heavy atom. The fraction of sp³-hybridized carbons (Fsp3) is 0.333. The number of hydrogen-bond acceptors (Lipinski definition) is 7. The van der Waals surface area contributed by atoms with Crippen LogP contribution < -0.4 is 20.3 Å². The van der Waals surface area contributed by atoms with Gasteiger partial charge in [0.25, 0.3) is 5.56 Å². The Labute approximate surface area is 204 Å². The average Bonchev–Trinajstić information content (AvgIpc) is 2.88. The molecule has 182 valence electrons. The van der Waals surface area contributed by atoms with Gasteiger partial charge in [0, 0.05) is 43.0 Å². The van der Waals surface area contributed by atoms with Gasteiger partial charge in [-0.25, -0.2) is 0 Å². The number of nitrogens with one attached hydrogen (secondary N) is 2. The fourth-order valence-electron chi connectivity index (χ4n) is 4.47. The van der Waals surface area contributed by atoms with Gasteiger partial charge in [0.1, 0.15) is 35.8 Å². The molecule has 3 aromatic rings. The number of nitriles is 1. The molecule has 0 spiro atoms. The Balaban J connectivity index is 1.38. The molecule has 8 heteroatoms. The first-order valence-electron chi connectivity index (χ1n) is 11.6. The first-order valence-corrected chi connectivity index (χ1v) is 11.6. The molecule has 4 rings (SSSR count). The van der Waals surface area contributed by atoms with Crippen molar-refractivity contribution >= 4 is 0 Å². The van der Waals surface area contributed by atoms with Crippen LogP contribution in [0.5, 0.6) is 11.5 Å². The maximum Gasteiger partial charge on any atom is 0.266 e. The number of rotatable bonds is 8. The Bertz CT molecular complexity index is 1250. The van der Waals surface area contributed by atoms with Gasteiger partial charge in [0.05, 0.1) is 13.2 Å². The van der Waals surface area contributed by atoms with Crippen molar-refractivity contribution in [3.63, 3.8) is 0 Å². The number of H-pyrrole nitrogens is 1. The number of nitrogens with zero attached hydrogens (tertiary/aromatic N) is 2. The van der Waals surface area contributed by atoms with Crippen LogP contribution in [0.1, 0.15) is 22.9 Å². The molecule has 3 N–H and O–H groups in total. The van der Waals surface area contributed by atoms with Crippen molar-refractivity contribution in [3.8, 4) is 28.7 Å². The lowest BCUT2D eigenvalue weighted by Crippen LogP contribution is -2.49. The smallest absolute Gasteiger partial charge is 0.266 e. The molecule has 2 atom stereocenters. The third-order valence-corrected chi connectivity index (χ3v) is 6.26. The van der Waals surface area contributed by atoms with Crippen LogP contribution in [0, 0.1) is 18.3 Å². The van der Waals surface area contributed by atoms with E-state index in [0.717, 1.165) is 42.1 Å². The van der Waals surface area contributed by atoms with E-state index in [1.807, 2.05) is 48.5 Å². The van der Waals surface area contributed by atoms with Crippen LogP contribution in [0.4, 0.5) is 0 Å². The minimum Gasteiger partial charge on any atom is -0.496 e. The van der Waals surface area contributed by atoms with E-state index in [1.165, 1.54) is 0 Å². The highest BCUT2D eigenvalue weighted by Gasteiger charge is 2.27. The van der Waals surface area contributed by atoms with Crippen LogP contribution in [0.15, 0.2) is 59.4 Å². The third-order valence-electron chi connectivity index (χ3n) is 6.26. The topological polar surface area (TPSA) is 111 Å². The monoisotopic (exact) mass is 474 g/mol. The molecule has 2 unspecified atom stereocenters. The quantitative estimate of drug-likeness (QED) is 0.460. The van der Waals surface area contributed by atoms with Crippen molar-refractivity contribution in [2.24, 2.45) is 0 Å². The molecule has 2 heterocycles. The minimum absolute atomic E-state index is 0.0772. The van der Waals surface area contributed by atoms with Crippen molar-refractivity contribution in [1.82, 2.24) is 15.2 Å². The summed E-state index contributed by atoms with van der Waals surface area (Å²) in [5, 5.41) is 23.3. The Hall–Kier alpha value is -3.64. The second-order valence-electron chi connectivity index (χ2n) is 8.61. The van der Waals surface area contributed by atoms with Crippen molar-refractivity contribution in [3.05, 3.63) is 81.8 Å². The molecular formula is C27H30N4O4. The molecule has 0 radical (unpaired) electrons. The summed E-state index contributed by atoms with van der Waals surface area (Å²) >= 11 is 0. The van der Waals surface area contributed by atoms with Crippen molar-refractivity contribution in [2.45, 2.75) is 19.1 Å². The maximum atomic E-state index is 11.8. The number of aryl methyl sites for hydroxylation is 1. The van der Waals surface area contributed by atoms with Gasteiger partial charge < -0.3 is 24.9 Å². The summed E-state index contributed by atoms with van der Waals surface area (Å²) in [4.78, 5) is 16.8. The van der Waals surface area contributed by atoms with Crippen molar-refractivity contribution in [1.29, 1.82) is 5.26 Å². The second-order valence-corrected chi connectivity index (χ2v) is 8.61. The first-order chi connectivity index (χ1) is 17.0. The molecule has 2 aromatic carbocycles. The third kappa shape index (κ3) is 5.72. The number of benzene rings is 2. The normalized spacial score (nSPS) is 16.9. The van der Waals surface area contributed by atoms with E-state index in [2.05, 4.69) is 21.3 Å². The Morgan fingerprint density at radius 3 is 2.74 bits per heavy atom. The number of para-hydroxylation sites is 1. The van der Waals surface area contributed by atoms with E-state index in [9.17, 15) is 9.90 Å². The number of aromatic amines is 1. The van der Waals surface area contributed by atoms with Gasteiger partial charge >= 0.3 is 0 Å². The van der Waals surface area contributed by atoms with Gasteiger partial charge in [-0.1, -0.05) is 30.3 Å². The van der Waals surface area contributed by atoms with Gasteiger partial charge in [-0.15, -0.1) is 0 Å². The molecule has 8 nitrogen and oxygen atoms in total. The number of β-amino-alcohol motifs (C(OH)–C–C–N with tert-alkyl or cyclic N) is 1. The molecule has 1 fully saturated rings. The molecule has 1 aliphatic heterocycles. The van der Waals surface area contributed by atoms with Crippen LogP contribution in [0.3, 0.4) is 0 Å². The molecule has 0 saturated carbocycles. The number of piperazine rings is 1. The van der Waals surface area contributed by atoms with Gasteiger partial charge in [-0.2, -0.15) is 5.26 Å². The number of aliphatic hydroxyl groups excluding tert-OH is 1. The van der Waals surface area contributed by atoms with Gasteiger partial charge in [0.15, 0.2) is 0 Å². The summed E-state index contributed by atoms with van der Waals surface area (Å²) < 4.78 is 11.4. The van der Waals surface area contributed by atoms with E-state index in [-0.39, 0.29) is 23.8 Å². The van der Waals surface area contributed by atoms with Crippen LogP contribution in [0.25, 0.3) is 11.1 Å². The number of aliphatic hydroxyl groups is 1.